The summed E-state index contributed by atoms with van der Waals surface area (Å²) in [5, 5.41) is 10.2. The van der Waals surface area contributed by atoms with Crippen LogP contribution < -0.4 is 0 Å². The first kappa shape index (κ1) is 7.18. The topological polar surface area (TPSA) is 60.2 Å². The average Bonchev–Trinajstić information content (AvgIpc) is 2.34. The van der Waals surface area contributed by atoms with E-state index in [2.05, 4.69) is 0 Å². The summed E-state index contributed by atoms with van der Waals surface area (Å²) in [6, 6.07) is -0.463. The molecular weight excluding hydrogens is 134 g/mol. The molecule has 1 saturated carbocycles. The van der Waals surface area contributed by atoms with Gasteiger partial charge in [0.05, 0.1) is 0 Å². The zero-order valence-electron chi connectivity index (χ0n) is 5.53. The number of nitrogens with zero attached hydrogens (tertiary/aromatic N) is 1. The van der Waals surface area contributed by atoms with E-state index >= 15 is 0 Å². The predicted octanol–water partition coefficient (Wildman–Crippen LogP) is 0.631. The molecule has 56 valence electrons. The van der Waals surface area contributed by atoms with E-state index in [1.165, 1.54) is 0 Å². The molecule has 0 spiro atoms. The highest BCUT2D eigenvalue weighted by atomic mass is 16.6. The minimum absolute atomic E-state index is 0.0598. The highest BCUT2D eigenvalue weighted by Crippen LogP contribution is 2.25. The largest absolute Gasteiger partial charge is 0.303 e. The van der Waals surface area contributed by atoms with Crippen molar-refractivity contribution in [2.75, 3.05) is 0 Å². The summed E-state index contributed by atoms with van der Waals surface area (Å²) in [6.45, 7) is 0. The SMILES string of the molecule is O=CC1CCC([N+](=O)[O-])C1. The lowest BCUT2D eigenvalue weighted by Gasteiger charge is -1.97. The molecule has 0 bridgehead atoms. The van der Waals surface area contributed by atoms with Gasteiger partial charge in [0.15, 0.2) is 0 Å². The second-order valence-corrected chi connectivity index (χ2v) is 2.65. The summed E-state index contributed by atoms with van der Waals surface area (Å²) >= 11 is 0. The second kappa shape index (κ2) is 2.77. The molecule has 4 nitrogen and oxygen atoms in total. The molecule has 0 N–H and O–H groups in total. The Morgan fingerprint density at radius 1 is 1.50 bits per heavy atom. The standard InChI is InChI=1S/C6H9NO3/c8-4-5-1-2-6(3-5)7(9)10/h4-6H,1-3H2. The van der Waals surface area contributed by atoms with Crippen molar-refractivity contribution in [1.29, 1.82) is 0 Å². The fraction of sp³-hybridized carbons (Fsp3) is 0.833. The van der Waals surface area contributed by atoms with Gasteiger partial charge in [0, 0.05) is 23.7 Å². The fourth-order valence-electron chi connectivity index (χ4n) is 1.31. The third-order valence-electron chi connectivity index (χ3n) is 1.94. The van der Waals surface area contributed by atoms with Crippen LogP contribution in [0.4, 0.5) is 0 Å². The highest BCUT2D eigenvalue weighted by molar-refractivity contribution is 5.54. The number of carbonyl (C=O) groups excluding carboxylic acids is 1. The van der Waals surface area contributed by atoms with E-state index in [-0.39, 0.29) is 10.8 Å². The maximum atomic E-state index is 10.2. The molecule has 4 heteroatoms. The van der Waals surface area contributed by atoms with E-state index in [1.807, 2.05) is 0 Å². The Morgan fingerprint density at radius 2 is 2.20 bits per heavy atom. The van der Waals surface area contributed by atoms with Gasteiger partial charge in [-0.1, -0.05) is 0 Å². The lowest BCUT2D eigenvalue weighted by molar-refractivity contribution is -0.520. The van der Waals surface area contributed by atoms with E-state index in [0.717, 1.165) is 6.29 Å². The van der Waals surface area contributed by atoms with Gasteiger partial charge in [-0.15, -0.1) is 0 Å². The Kier molecular flexibility index (Phi) is 1.99. The Balaban J connectivity index is 2.42. The lowest BCUT2D eigenvalue weighted by Crippen LogP contribution is -2.15. The molecule has 1 rings (SSSR count). The molecule has 0 aromatic rings. The Hall–Kier alpha value is -0.930. The Bertz CT molecular complexity index is 157. The van der Waals surface area contributed by atoms with Crippen molar-refractivity contribution in [3.8, 4) is 0 Å². The van der Waals surface area contributed by atoms with E-state index in [4.69, 9.17) is 0 Å². The zero-order valence-corrected chi connectivity index (χ0v) is 5.53. The maximum Gasteiger partial charge on any atom is 0.213 e. The summed E-state index contributed by atoms with van der Waals surface area (Å²) in [5.74, 6) is -0.0598. The van der Waals surface area contributed by atoms with Crippen LogP contribution in [0, 0.1) is 16.0 Å². The molecule has 0 aliphatic heterocycles. The first-order valence-corrected chi connectivity index (χ1v) is 3.33. The van der Waals surface area contributed by atoms with Crippen LogP contribution in [-0.4, -0.2) is 17.3 Å². The van der Waals surface area contributed by atoms with Gasteiger partial charge in [0.25, 0.3) is 0 Å². The van der Waals surface area contributed by atoms with Crippen LogP contribution in [-0.2, 0) is 4.79 Å². The minimum Gasteiger partial charge on any atom is -0.303 e. The van der Waals surface area contributed by atoms with Gasteiger partial charge in [-0.3, -0.25) is 10.1 Å². The lowest BCUT2D eigenvalue weighted by atomic mass is 10.1. The monoisotopic (exact) mass is 143 g/mol. The highest BCUT2D eigenvalue weighted by Gasteiger charge is 2.31. The van der Waals surface area contributed by atoms with E-state index in [1.54, 1.807) is 0 Å². The molecule has 10 heavy (non-hydrogen) atoms. The quantitative estimate of drug-likeness (QED) is 0.323. The van der Waals surface area contributed by atoms with Crippen molar-refractivity contribution in [1.82, 2.24) is 0 Å². The molecule has 0 amide bonds. The second-order valence-electron chi connectivity index (χ2n) is 2.65. The van der Waals surface area contributed by atoms with Crippen molar-refractivity contribution in [3.63, 3.8) is 0 Å². The van der Waals surface area contributed by atoms with E-state index in [9.17, 15) is 14.9 Å². The number of rotatable bonds is 2. The van der Waals surface area contributed by atoms with Crippen LogP contribution in [0.5, 0.6) is 0 Å². The number of nitro groups is 1. The average molecular weight is 143 g/mol. The number of aldehydes is 1. The molecule has 2 unspecified atom stereocenters. The number of carbonyl (C=O) groups is 1. The maximum absolute atomic E-state index is 10.2. The molecule has 0 saturated heterocycles. The predicted molar refractivity (Wildman–Crippen MR) is 34.2 cm³/mol. The van der Waals surface area contributed by atoms with Crippen molar-refractivity contribution in [2.24, 2.45) is 5.92 Å². The molecule has 0 aromatic carbocycles. The van der Waals surface area contributed by atoms with Crippen LogP contribution in [0.1, 0.15) is 19.3 Å². The van der Waals surface area contributed by atoms with E-state index < -0.39 is 6.04 Å². The number of hydrogen-bond donors (Lipinski definition) is 0. The van der Waals surface area contributed by atoms with Crippen molar-refractivity contribution in [2.45, 2.75) is 25.3 Å². The first-order valence-electron chi connectivity index (χ1n) is 3.33. The van der Waals surface area contributed by atoms with Gasteiger partial charge >= 0.3 is 0 Å². The normalized spacial score (nSPS) is 32.0. The third-order valence-corrected chi connectivity index (χ3v) is 1.94. The molecule has 1 aliphatic carbocycles. The number of hydrogen-bond acceptors (Lipinski definition) is 3. The molecular formula is C6H9NO3. The Morgan fingerprint density at radius 3 is 2.50 bits per heavy atom. The molecule has 0 radical (unpaired) electrons. The van der Waals surface area contributed by atoms with Crippen LogP contribution in [0.2, 0.25) is 0 Å². The summed E-state index contributed by atoms with van der Waals surface area (Å²) < 4.78 is 0. The van der Waals surface area contributed by atoms with Gasteiger partial charge in [-0.2, -0.15) is 0 Å². The van der Waals surface area contributed by atoms with Gasteiger partial charge in [-0.05, 0) is 6.42 Å². The van der Waals surface area contributed by atoms with Gasteiger partial charge in [-0.25, -0.2) is 0 Å². The summed E-state index contributed by atoms with van der Waals surface area (Å²) in [6.07, 6.45) is 2.52. The molecule has 0 aromatic heterocycles. The Labute approximate surface area is 58.4 Å². The molecule has 0 heterocycles. The van der Waals surface area contributed by atoms with Crippen LogP contribution in [0.25, 0.3) is 0 Å². The summed E-state index contributed by atoms with van der Waals surface area (Å²) in [5.41, 5.74) is 0. The van der Waals surface area contributed by atoms with Crippen LogP contribution in [0.15, 0.2) is 0 Å². The summed E-state index contributed by atoms with van der Waals surface area (Å²) in [4.78, 5) is 20.0. The van der Waals surface area contributed by atoms with Crippen LogP contribution >= 0.6 is 0 Å². The molecule has 2 atom stereocenters. The molecule has 1 aliphatic rings. The van der Waals surface area contributed by atoms with Gasteiger partial charge < -0.3 is 4.79 Å². The summed E-state index contributed by atoms with van der Waals surface area (Å²) in [7, 11) is 0. The van der Waals surface area contributed by atoms with Gasteiger partial charge in [0.2, 0.25) is 6.04 Å². The van der Waals surface area contributed by atoms with Crippen molar-refractivity contribution >= 4 is 6.29 Å². The smallest absolute Gasteiger partial charge is 0.213 e. The third kappa shape index (κ3) is 1.32. The first-order chi connectivity index (χ1) is 4.74. The van der Waals surface area contributed by atoms with Crippen LogP contribution in [0.3, 0.4) is 0 Å². The molecule has 1 fully saturated rings. The minimum atomic E-state index is -0.463. The fourth-order valence-corrected chi connectivity index (χ4v) is 1.31. The van der Waals surface area contributed by atoms with Crippen molar-refractivity contribution < 1.29 is 9.72 Å². The zero-order chi connectivity index (χ0) is 7.56. The van der Waals surface area contributed by atoms with Crippen molar-refractivity contribution in [3.05, 3.63) is 10.1 Å². The van der Waals surface area contributed by atoms with Gasteiger partial charge in [0.1, 0.15) is 6.29 Å². The van der Waals surface area contributed by atoms with E-state index in [0.29, 0.717) is 19.3 Å².